The number of carbonyl (C=O) groups is 3. The van der Waals surface area contributed by atoms with Gasteiger partial charge < -0.3 is 15.7 Å². The van der Waals surface area contributed by atoms with E-state index in [2.05, 4.69) is 10.6 Å². The molecule has 0 saturated heterocycles. The molecule has 0 aliphatic rings. The molecular weight excluding hydrogens is 443 g/mol. The van der Waals surface area contributed by atoms with E-state index in [4.69, 9.17) is 5.11 Å². The molecule has 2 rings (SSSR count). The largest absolute Gasteiger partial charge is 0.481 e. The topological polar surface area (TPSA) is 119 Å². The quantitative estimate of drug-likeness (QED) is 0.230. The van der Waals surface area contributed by atoms with Gasteiger partial charge in [-0.3, -0.25) is 14.8 Å². The van der Waals surface area contributed by atoms with Gasteiger partial charge in [-0.2, -0.15) is 18.2 Å². The molecule has 11 heteroatoms. The Morgan fingerprint density at radius 3 is 2.30 bits per heavy atom. The Morgan fingerprint density at radius 2 is 1.67 bits per heavy atom. The first-order valence-electron chi connectivity index (χ1n) is 10.1. The van der Waals surface area contributed by atoms with Crippen molar-refractivity contribution in [3.8, 4) is 0 Å². The second-order valence-electron chi connectivity index (χ2n) is 7.21. The van der Waals surface area contributed by atoms with Gasteiger partial charge in [-0.05, 0) is 43.2 Å². The maximum atomic E-state index is 12.9. The van der Waals surface area contributed by atoms with Crippen LogP contribution in [-0.4, -0.2) is 34.3 Å². The Labute approximate surface area is 188 Å². The van der Waals surface area contributed by atoms with Gasteiger partial charge in [0.15, 0.2) is 0 Å². The number of carbonyl (C=O) groups excluding carboxylic acids is 2. The predicted molar refractivity (Wildman–Crippen MR) is 114 cm³/mol. The van der Waals surface area contributed by atoms with Crippen LogP contribution in [0.5, 0.6) is 0 Å². The molecule has 4 N–H and O–H groups in total. The number of urea groups is 1. The number of benzene rings is 2. The highest BCUT2D eigenvalue weighted by Crippen LogP contribution is 2.30. The zero-order valence-corrected chi connectivity index (χ0v) is 17.5. The third kappa shape index (κ3) is 8.45. The van der Waals surface area contributed by atoms with Gasteiger partial charge in [-0.15, -0.1) is 0 Å². The number of hydrogen-bond donors (Lipinski definition) is 4. The standard InChI is InChI=1S/C22H24F3N3O5/c23-22(24,25)15-8-7-9-16(14-15)26-21(32)27-18(12-5-2-6-13-19(29)30)20(31)28(33)17-10-3-1-4-11-17/h1,3-4,7-11,14,18,33H,2,5-6,12-13H2,(H,29,30)(H2,26,27,32)/t18-/m0/s1. The molecule has 3 amide bonds. The third-order valence-corrected chi connectivity index (χ3v) is 4.64. The maximum Gasteiger partial charge on any atom is 0.416 e. The number of unbranched alkanes of at least 4 members (excludes halogenated alkanes) is 2. The monoisotopic (exact) mass is 467 g/mol. The molecule has 0 aliphatic carbocycles. The van der Waals surface area contributed by atoms with Crippen LogP contribution in [0.25, 0.3) is 0 Å². The zero-order valence-electron chi connectivity index (χ0n) is 17.5. The van der Waals surface area contributed by atoms with E-state index in [1.165, 1.54) is 18.2 Å². The summed E-state index contributed by atoms with van der Waals surface area (Å²) in [5.74, 6) is -1.80. The lowest BCUT2D eigenvalue weighted by Gasteiger charge is -2.23. The highest BCUT2D eigenvalue weighted by molar-refractivity contribution is 5.99. The molecule has 0 heterocycles. The van der Waals surface area contributed by atoms with Crippen LogP contribution in [0, 0.1) is 0 Å². The summed E-state index contributed by atoms with van der Waals surface area (Å²) in [6, 6.07) is 9.71. The molecule has 0 unspecified atom stereocenters. The fourth-order valence-corrected chi connectivity index (χ4v) is 3.00. The van der Waals surface area contributed by atoms with Crippen molar-refractivity contribution in [2.45, 2.75) is 44.3 Å². The lowest BCUT2D eigenvalue weighted by atomic mass is 10.1. The van der Waals surface area contributed by atoms with Gasteiger partial charge in [-0.1, -0.05) is 37.1 Å². The Balaban J connectivity index is 2.07. The fourth-order valence-electron chi connectivity index (χ4n) is 3.00. The van der Waals surface area contributed by atoms with Crippen molar-refractivity contribution in [1.82, 2.24) is 5.32 Å². The first-order valence-corrected chi connectivity index (χ1v) is 10.1. The molecule has 0 radical (unpaired) electrons. The van der Waals surface area contributed by atoms with Gasteiger partial charge in [0.05, 0.1) is 11.3 Å². The summed E-state index contributed by atoms with van der Waals surface area (Å²) in [6.45, 7) is 0. The number of hydrogen-bond acceptors (Lipinski definition) is 4. The van der Waals surface area contributed by atoms with E-state index < -0.39 is 35.7 Å². The van der Waals surface area contributed by atoms with Crippen molar-refractivity contribution < 1.29 is 37.9 Å². The summed E-state index contributed by atoms with van der Waals surface area (Å²) in [7, 11) is 0. The molecule has 2 aromatic carbocycles. The van der Waals surface area contributed by atoms with E-state index in [-0.39, 0.29) is 24.2 Å². The molecule has 1 atom stereocenters. The number of nitrogens with zero attached hydrogens (tertiary/aromatic N) is 1. The number of amides is 3. The number of halogens is 3. The normalized spacial score (nSPS) is 12.0. The predicted octanol–water partition coefficient (Wildman–Crippen LogP) is 4.65. The summed E-state index contributed by atoms with van der Waals surface area (Å²) in [6.07, 6.45) is -3.35. The average molecular weight is 467 g/mol. The van der Waals surface area contributed by atoms with Crippen LogP contribution < -0.4 is 15.7 Å². The van der Waals surface area contributed by atoms with E-state index in [1.54, 1.807) is 18.2 Å². The molecule has 33 heavy (non-hydrogen) atoms. The number of hydroxylamine groups is 1. The molecule has 0 fully saturated rings. The van der Waals surface area contributed by atoms with Gasteiger partial charge in [0, 0.05) is 12.1 Å². The summed E-state index contributed by atoms with van der Waals surface area (Å²) in [5, 5.41) is 24.0. The smallest absolute Gasteiger partial charge is 0.416 e. The van der Waals surface area contributed by atoms with Gasteiger partial charge in [0.2, 0.25) is 0 Å². The molecule has 0 saturated carbocycles. The lowest BCUT2D eigenvalue weighted by molar-refractivity contribution is -0.138. The molecule has 2 aromatic rings. The van der Waals surface area contributed by atoms with E-state index in [1.807, 2.05) is 0 Å². The minimum atomic E-state index is -4.59. The lowest BCUT2D eigenvalue weighted by Crippen LogP contribution is -2.49. The first kappa shape index (κ1) is 25.7. The SMILES string of the molecule is O=C(O)CCCCC[C@H](NC(=O)Nc1cccc(C(F)(F)F)c1)C(=O)N(O)c1ccccc1. The van der Waals surface area contributed by atoms with E-state index in [9.17, 15) is 32.8 Å². The van der Waals surface area contributed by atoms with E-state index in [0.29, 0.717) is 24.3 Å². The highest BCUT2D eigenvalue weighted by Gasteiger charge is 2.31. The summed E-state index contributed by atoms with van der Waals surface area (Å²) in [5.41, 5.74) is -0.908. The van der Waals surface area contributed by atoms with Crippen molar-refractivity contribution >= 4 is 29.3 Å². The van der Waals surface area contributed by atoms with Gasteiger partial charge in [0.25, 0.3) is 5.91 Å². The summed E-state index contributed by atoms with van der Waals surface area (Å²) >= 11 is 0. The van der Waals surface area contributed by atoms with Crippen LogP contribution in [0.2, 0.25) is 0 Å². The Hall–Kier alpha value is -3.60. The minimum Gasteiger partial charge on any atom is -0.481 e. The van der Waals surface area contributed by atoms with Crippen LogP contribution in [-0.2, 0) is 15.8 Å². The Morgan fingerprint density at radius 1 is 0.970 bits per heavy atom. The summed E-state index contributed by atoms with van der Waals surface area (Å²) < 4.78 is 38.6. The third-order valence-electron chi connectivity index (χ3n) is 4.64. The van der Waals surface area contributed by atoms with Crippen LogP contribution >= 0.6 is 0 Å². The van der Waals surface area contributed by atoms with Crippen molar-refractivity contribution in [3.05, 3.63) is 60.2 Å². The molecule has 8 nitrogen and oxygen atoms in total. The van der Waals surface area contributed by atoms with E-state index in [0.717, 1.165) is 18.2 Å². The number of para-hydroxylation sites is 1. The Kier molecular flexibility index (Phi) is 9.22. The molecule has 0 aromatic heterocycles. The molecule has 0 aliphatic heterocycles. The Bertz CT molecular complexity index is 954. The number of rotatable bonds is 10. The molecular formula is C22H24F3N3O5. The van der Waals surface area contributed by atoms with Gasteiger partial charge in [-0.25, -0.2) is 4.79 Å². The van der Waals surface area contributed by atoms with Crippen molar-refractivity contribution in [1.29, 1.82) is 0 Å². The number of anilines is 2. The number of nitrogens with one attached hydrogen (secondary N) is 2. The number of carboxylic acids is 1. The maximum absolute atomic E-state index is 12.9. The van der Waals surface area contributed by atoms with Crippen molar-refractivity contribution in [2.75, 3.05) is 10.4 Å². The van der Waals surface area contributed by atoms with Crippen LogP contribution in [0.4, 0.5) is 29.3 Å². The second-order valence-corrected chi connectivity index (χ2v) is 7.21. The van der Waals surface area contributed by atoms with Gasteiger partial charge in [0.1, 0.15) is 6.04 Å². The minimum absolute atomic E-state index is 0.0434. The highest BCUT2D eigenvalue weighted by atomic mass is 19.4. The molecule has 0 bridgehead atoms. The second kappa shape index (κ2) is 11.9. The van der Waals surface area contributed by atoms with Gasteiger partial charge >= 0.3 is 18.2 Å². The van der Waals surface area contributed by atoms with Crippen LogP contribution in [0.15, 0.2) is 54.6 Å². The number of alkyl halides is 3. The van der Waals surface area contributed by atoms with Crippen LogP contribution in [0.3, 0.4) is 0 Å². The fraction of sp³-hybridized carbons (Fsp3) is 0.318. The molecule has 0 spiro atoms. The number of carboxylic acid groups (broad SMARTS) is 1. The zero-order chi connectivity index (χ0) is 24.4. The number of aliphatic carboxylic acids is 1. The average Bonchev–Trinajstić information content (AvgIpc) is 2.77. The summed E-state index contributed by atoms with van der Waals surface area (Å²) in [4.78, 5) is 35.8. The van der Waals surface area contributed by atoms with E-state index >= 15 is 0 Å². The first-order chi connectivity index (χ1) is 15.6. The van der Waals surface area contributed by atoms with Crippen LogP contribution in [0.1, 0.15) is 37.7 Å². The van der Waals surface area contributed by atoms with Crippen molar-refractivity contribution in [3.63, 3.8) is 0 Å². The molecule has 178 valence electrons. The van der Waals surface area contributed by atoms with Crippen molar-refractivity contribution in [2.24, 2.45) is 0 Å².